The van der Waals surface area contributed by atoms with Crippen molar-refractivity contribution < 1.29 is 14.3 Å². The number of piperidine rings is 1. The number of likely N-dealkylation sites (tertiary alicyclic amines) is 1. The maximum Gasteiger partial charge on any atom is 0.227 e. The van der Waals surface area contributed by atoms with Gasteiger partial charge >= 0.3 is 0 Å². The fraction of sp³-hybridized carbons (Fsp3) is 0.579. The molecule has 2 heterocycles. The molecule has 24 heavy (non-hydrogen) atoms. The van der Waals surface area contributed by atoms with Gasteiger partial charge in [-0.05, 0) is 31.4 Å². The molecule has 2 unspecified atom stereocenters. The summed E-state index contributed by atoms with van der Waals surface area (Å²) in [5, 5.41) is 0. The van der Waals surface area contributed by atoms with Gasteiger partial charge in [0, 0.05) is 26.6 Å². The Hall–Kier alpha value is -1.88. The van der Waals surface area contributed by atoms with Crippen LogP contribution in [0.5, 0.6) is 0 Å². The minimum atomic E-state index is -0.00689. The van der Waals surface area contributed by atoms with E-state index in [0.717, 1.165) is 17.5 Å². The van der Waals surface area contributed by atoms with Crippen molar-refractivity contribution in [2.75, 3.05) is 26.2 Å². The molecule has 130 valence electrons. The van der Waals surface area contributed by atoms with Crippen LogP contribution in [-0.4, -0.2) is 60.0 Å². The highest BCUT2D eigenvalue weighted by Crippen LogP contribution is 2.24. The number of carbonyl (C=O) groups is 2. The summed E-state index contributed by atoms with van der Waals surface area (Å²) >= 11 is 0. The molecule has 3 rings (SSSR count). The zero-order valence-electron chi connectivity index (χ0n) is 14.7. The lowest BCUT2D eigenvalue weighted by Gasteiger charge is -2.46. The molecule has 0 bridgehead atoms. The molecule has 0 aromatic heterocycles. The molecule has 5 heteroatoms. The SMILES string of the molecule is CC(=O)N1CCOC2CCN(C(=O)Cc3cc(C)ccc3C)CC21. The number of hydrogen-bond donors (Lipinski definition) is 0. The van der Waals surface area contributed by atoms with Crippen molar-refractivity contribution in [2.45, 2.75) is 45.8 Å². The van der Waals surface area contributed by atoms with Crippen molar-refractivity contribution in [1.29, 1.82) is 0 Å². The Balaban J connectivity index is 1.70. The average Bonchev–Trinajstić information content (AvgIpc) is 2.57. The monoisotopic (exact) mass is 330 g/mol. The number of benzene rings is 1. The number of ether oxygens (including phenoxy) is 1. The van der Waals surface area contributed by atoms with Crippen LogP contribution in [0, 0.1) is 13.8 Å². The van der Waals surface area contributed by atoms with Crippen molar-refractivity contribution in [1.82, 2.24) is 9.80 Å². The summed E-state index contributed by atoms with van der Waals surface area (Å²) in [5.74, 6) is 0.202. The van der Waals surface area contributed by atoms with Gasteiger partial charge in [-0.25, -0.2) is 0 Å². The van der Waals surface area contributed by atoms with Crippen LogP contribution in [0.15, 0.2) is 18.2 Å². The van der Waals surface area contributed by atoms with Gasteiger partial charge in [0.1, 0.15) is 0 Å². The third-order valence-corrected chi connectivity index (χ3v) is 5.19. The molecular formula is C19H26N2O3. The highest BCUT2D eigenvalue weighted by Gasteiger charge is 2.39. The largest absolute Gasteiger partial charge is 0.374 e. The van der Waals surface area contributed by atoms with E-state index in [-0.39, 0.29) is 24.0 Å². The zero-order valence-corrected chi connectivity index (χ0v) is 14.7. The summed E-state index contributed by atoms with van der Waals surface area (Å²) in [6.07, 6.45) is 1.28. The van der Waals surface area contributed by atoms with Gasteiger partial charge in [-0.15, -0.1) is 0 Å². The summed E-state index contributed by atoms with van der Waals surface area (Å²) in [4.78, 5) is 28.4. The molecule has 2 aliphatic rings. The quantitative estimate of drug-likeness (QED) is 0.829. The molecule has 5 nitrogen and oxygen atoms in total. The first-order chi connectivity index (χ1) is 11.5. The second kappa shape index (κ2) is 6.93. The van der Waals surface area contributed by atoms with Gasteiger partial charge in [0.15, 0.2) is 0 Å². The Morgan fingerprint density at radius 2 is 2.04 bits per heavy atom. The Kier molecular flexibility index (Phi) is 4.90. The number of nitrogens with zero attached hydrogens (tertiary/aromatic N) is 2. The van der Waals surface area contributed by atoms with Crippen molar-refractivity contribution in [3.63, 3.8) is 0 Å². The van der Waals surface area contributed by atoms with Crippen molar-refractivity contribution in [3.8, 4) is 0 Å². The van der Waals surface area contributed by atoms with Crippen molar-refractivity contribution >= 4 is 11.8 Å². The summed E-state index contributed by atoms with van der Waals surface area (Å²) in [6.45, 7) is 8.18. The van der Waals surface area contributed by atoms with Crippen LogP contribution in [0.25, 0.3) is 0 Å². The predicted octanol–water partition coefficient (Wildman–Crippen LogP) is 1.69. The van der Waals surface area contributed by atoms with Crippen LogP contribution in [0.4, 0.5) is 0 Å². The average molecular weight is 330 g/mol. The number of amides is 2. The van der Waals surface area contributed by atoms with Gasteiger partial charge < -0.3 is 14.5 Å². The molecule has 0 radical (unpaired) electrons. The van der Waals surface area contributed by atoms with Crippen molar-refractivity contribution in [2.24, 2.45) is 0 Å². The lowest BCUT2D eigenvalue weighted by atomic mass is 9.97. The standard InChI is InChI=1S/C19H26N2O3/c1-13-4-5-14(2)16(10-13)11-19(23)20-7-6-18-17(12-20)21(15(3)22)8-9-24-18/h4-5,10,17-18H,6-9,11-12H2,1-3H3. The second-order valence-corrected chi connectivity index (χ2v) is 6.92. The lowest BCUT2D eigenvalue weighted by Crippen LogP contribution is -2.61. The molecule has 1 aromatic carbocycles. The number of fused-ring (bicyclic) bond motifs is 1. The molecule has 2 saturated heterocycles. The van der Waals surface area contributed by atoms with Gasteiger partial charge in [-0.3, -0.25) is 9.59 Å². The summed E-state index contributed by atoms with van der Waals surface area (Å²) in [6, 6.07) is 6.22. The van der Waals surface area contributed by atoms with Gasteiger partial charge in [0.25, 0.3) is 0 Å². The Labute approximate surface area is 143 Å². The van der Waals surface area contributed by atoms with Crippen LogP contribution in [0.2, 0.25) is 0 Å². The minimum Gasteiger partial charge on any atom is -0.374 e. The minimum absolute atomic E-state index is 0.00689. The van der Waals surface area contributed by atoms with Gasteiger partial charge in [0.05, 0.1) is 25.2 Å². The molecule has 2 atom stereocenters. The molecule has 2 aliphatic heterocycles. The van der Waals surface area contributed by atoms with E-state index in [1.807, 2.05) is 23.6 Å². The Bertz CT molecular complexity index is 643. The Morgan fingerprint density at radius 3 is 2.79 bits per heavy atom. The van der Waals surface area contributed by atoms with E-state index >= 15 is 0 Å². The van der Waals surface area contributed by atoms with E-state index < -0.39 is 0 Å². The Morgan fingerprint density at radius 1 is 1.25 bits per heavy atom. The smallest absolute Gasteiger partial charge is 0.227 e. The normalized spacial score (nSPS) is 23.8. The van der Waals surface area contributed by atoms with Gasteiger partial charge in [0.2, 0.25) is 11.8 Å². The first kappa shape index (κ1) is 17.0. The predicted molar refractivity (Wildman–Crippen MR) is 91.7 cm³/mol. The molecule has 0 N–H and O–H groups in total. The summed E-state index contributed by atoms with van der Waals surface area (Å²) in [7, 11) is 0. The van der Waals surface area contributed by atoms with Crippen LogP contribution in [0.1, 0.15) is 30.0 Å². The molecule has 0 aliphatic carbocycles. The van der Waals surface area contributed by atoms with Gasteiger partial charge in [-0.2, -0.15) is 0 Å². The van der Waals surface area contributed by atoms with E-state index in [2.05, 4.69) is 18.2 Å². The number of aryl methyl sites for hydroxylation is 2. The molecule has 1 aromatic rings. The molecule has 0 saturated carbocycles. The maximum absolute atomic E-state index is 12.8. The molecule has 0 spiro atoms. The van der Waals surface area contributed by atoms with Crippen molar-refractivity contribution in [3.05, 3.63) is 34.9 Å². The van der Waals surface area contributed by atoms with E-state index in [1.54, 1.807) is 6.92 Å². The highest BCUT2D eigenvalue weighted by molar-refractivity contribution is 5.79. The molecular weight excluding hydrogens is 304 g/mol. The first-order valence-electron chi connectivity index (χ1n) is 8.68. The summed E-state index contributed by atoms with van der Waals surface area (Å²) < 4.78 is 5.81. The lowest BCUT2D eigenvalue weighted by molar-refractivity contribution is -0.155. The molecule has 2 fully saturated rings. The number of rotatable bonds is 2. The second-order valence-electron chi connectivity index (χ2n) is 6.92. The van der Waals surface area contributed by atoms with E-state index in [4.69, 9.17) is 4.74 Å². The third kappa shape index (κ3) is 3.46. The first-order valence-corrected chi connectivity index (χ1v) is 8.68. The van der Waals surface area contributed by atoms with Crippen LogP contribution >= 0.6 is 0 Å². The third-order valence-electron chi connectivity index (χ3n) is 5.19. The number of morpholine rings is 1. The summed E-state index contributed by atoms with van der Waals surface area (Å²) in [5.41, 5.74) is 3.41. The maximum atomic E-state index is 12.8. The van der Waals surface area contributed by atoms with Gasteiger partial charge in [-0.1, -0.05) is 23.8 Å². The van der Waals surface area contributed by atoms with Crippen LogP contribution in [0.3, 0.4) is 0 Å². The van der Waals surface area contributed by atoms with Crippen LogP contribution < -0.4 is 0 Å². The fourth-order valence-electron chi connectivity index (χ4n) is 3.75. The number of carbonyl (C=O) groups excluding carboxylic acids is 2. The topological polar surface area (TPSA) is 49.9 Å². The van der Waals surface area contributed by atoms with E-state index in [1.165, 1.54) is 5.56 Å². The molecule has 2 amide bonds. The fourth-order valence-corrected chi connectivity index (χ4v) is 3.75. The highest BCUT2D eigenvalue weighted by atomic mass is 16.5. The number of hydrogen-bond acceptors (Lipinski definition) is 3. The van der Waals surface area contributed by atoms with E-state index in [0.29, 0.717) is 32.7 Å². The van der Waals surface area contributed by atoms with Crippen LogP contribution in [-0.2, 0) is 20.7 Å². The van der Waals surface area contributed by atoms with E-state index in [9.17, 15) is 9.59 Å². The zero-order chi connectivity index (χ0) is 17.3.